The van der Waals surface area contributed by atoms with Gasteiger partial charge < -0.3 is 9.94 Å². The molecule has 1 N–H and O–H groups in total. The zero-order chi connectivity index (χ0) is 8.81. The van der Waals surface area contributed by atoms with Crippen LogP contribution in [0.5, 0.6) is 0 Å². The van der Waals surface area contributed by atoms with Gasteiger partial charge in [0.2, 0.25) is 0 Å². The summed E-state index contributed by atoms with van der Waals surface area (Å²) in [6.45, 7) is 0.165. The lowest BCUT2D eigenvalue weighted by Crippen LogP contribution is -2.12. The van der Waals surface area contributed by atoms with E-state index < -0.39 is 5.97 Å². The predicted molar refractivity (Wildman–Crippen MR) is 44.0 cm³/mol. The van der Waals surface area contributed by atoms with Gasteiger partial charge >= 0.3 is 5.97 Å². The first-order valence-electron chi connectivity index (χ1n) is 4.16. The van der Waals surface area contributed by atoms with Crippen molar-refractivity contribution in [2.24, 2.45) is 11.1 Å². The van der Waals surface area contributed by atoms with Gasteiger partial charge in [-0.25, -0.2) is 0 Å². The molecule has 4 nitrogen and oxygen atoms in total. The maximum absolute atomic E-state index is 10.0. The van der Waals surface area contributed by atoms with Crippen LogP contribution in [0.4, 0.5) is 0 Å². The van der Waals surface area contributed by atoms with Gasteiger partial charge in [-0.15, -0.1) is 0 Å². The van der Waals surface area contributed by atoms with Crippen molar-refractivity contribution in [2.45, 2.75) is 25.7 Å². The van der Waals surface area contributed by atoms with E-state index in [1.165, 1.54) is 19.3 Å². The highest BCUT2D eigenvalue weighted by Crippen LogP contribution is 2.23. The third-order valence-electron chi connectivity index (χ3n) is 1.90. The van der Waals surface area contributed by atoms with Crippen molar-refractivity contribution in [2.75, 3.05) is 6.61 Å². The topological polar surface area (TPSA) is 58.9 Å². The van der Waals surface area contributed by atoms with Gasteiger partial charge in [0.15, 0.2) is 0 Å². The average molecular weight is 171 g/mol. The minimum atomic E-state index is -0.853. The molecule has 1 aliphatic carbocycles. The third kappa shape index (κ3) is 3.37. The first-order chi connectivity index (χ1) is 5.79. The number of rotatable bonds is 5. The normalized spacial score (nSPS) is 17.7. The Hall–Kier alpha value is -1.06. The molecule has 0 radical (unpaired) electrons. The largest absolute Gasteiger partial charge is 0.481 e. The molecule has 0 atom stereocenters. The van der Waals surface area contributed by atoms with E-state index >= 15 is 0 Å². The molecule has 0 aliphatic heterocycles. The smallest absolute Gasteiger partial charge is 0.306 e. The van der Waals surface area contributed by atoms with Crippen LogP contribution in [-0.2, 0) is 9.63 Å². The Morgan fingerprint density at radius 1 is 1.67 bits per heavy atom. The van der Waals surface area contributed by atoms with Crippen LogP contribution < -0.4 is 0 Å². The van der Waals surface area contributed by atoms with Crippen molar-refractivity contribution in [1.82, 2.24) is 0 Å². The second-order valence-electron chi connectivity index (χ2n) is 2.92. The number of oxime groups is 1. The van der Waals surface area contributed by atoms with Crippen LogP contribution in [0.25, 0.3) is 0 Å². The average Bonchev–Trinajstić information content (AvgIpc) is 1.92. The van der Waals surface area contributed by atoms with E-state index in [1.807, 2.05) is 0 Å². The molecule has 0 bridgehead atoms. The van der Waals surface area contributed by atoms with Gasteiger partial charge in [-0.05, 0) is 18.8 Å². The first-order valence-corrected chi connectivity index (χ1v) is 4.16. The van der Waals surface area contributed by atoms with E-state index in [0.717, 1.165) is 0 Å². The molecule has 0 aromatic heterocycles. The summed E-state index contributed by atoms with van der Waals surface area (Å²) in [5.74, 6) is -0.288. The number of hydrogen-bond donors (Lipinski definition) is 1. The molecule has 4 heteroatoms. The fourth-order valence-electron chi connectivity index (χ4n) is 0.904. The van der Waals surface area contributed by atoms with Gasteiger partial charge in [0.05, 0.1) is 6.42 Å². The summed E-state index contributed by atoms with van der Waals surface area (Å²) in [4.78, 5) is 14.8. The van der Waals surface area contributed by atoms with Crippen molar-refractivity contribution in [1.29, 1.82) is 0 Å². The van der Waals surface area contributed by atoms with Gasteiger partial charge in [-0.1, -0.05) is 11.6 Å². The van der Waals surface area contributed by atoms with Crippen LogP contribution in [0, 0.1) is 5.92 Å². The number of aliphatic carboxylic acids is 1. The third-order valence-corrected chi connectivity index (χ3v) is 1.90. The molecule has 0 spiro atoms. The number of hydrogen-bond acceptors (Lipinski definition) is 3. The molecule has 0 amide bonds. The summed E-state index contributed by atoms with van der Waals surface area (Å²) in [7, 11) is 0. The minimum absolute atomic E-state index is 0.0159. The molecular weight excluding hydrogens is 158 g/mol. The fourth-order valence-corrected chi connectivity index (χ4v) is 0.904. The lowest BCUT2D eigenvalue weighted by atomic mass is 9.87. The molecule has 68 valence electrons. The summed E-state index contributed by atoms with van der Waals surface area (Å²) in [6.07, 6.45) is 5.43. The summed E-state index contributed by atoms with van der Waals surface area (Å²) >= 11 is 0. The van der Waals surface area contributed by atoms with E-state index in [4.69, 9.17) is 9.94 Å². The van der Waals surface area contributed by atoms with Crippen LogP contribution in [0.2, 0.25) is 0 Å². The molecule has 0 aromatic rings. The standard InChI is InChI=1S/C8H13NO3/c10-8(11)4-5-12-9-6-7-2-1-3-7/h6-7H,1-5H2,(H,10,11)/b9-6+. The second-order valence-corrected chi connectivity index (χ2v) is 2.92. The molecule has 0 saturated heterocycles. The van der Waals surface area contributed by atoms with Gasteiger partial charge in [0.1, 0.15) is 6.61 Å². The Kier molecular flexibility index (Phi) is 3.57. The van der Waals surface area contributed by atoms with E-state index in [1.54, 1.807) is 6.21 Å². The zero-order valence-corrected chi connectivity index (χ0v) is 6.90. The molecule has 0 unspecified atom stereocenters. The van der Waals surface area contributed by atoms with Crippen LogP contribution in [0.15, 0.2) is 5.16 Å². The van der Waals surface area contributed by atoms with Crippen LogP contribution in [-0.4, -0.2) is 23.9 Å². The summed E-state index contributed by atoms with van der Waals surface area (Å²) in [5, 5.41) is 11.9. The number of carboxylic acids is 1. The Morgan fingerprint density at radius 2 is 2.42 bits per heavy atom. The Bertz CT molecular complexity index is 175. The molecule has 1 fully saturated rings. The number of carbonyl (C=O) groups is 1. The molecule has 1 saturated carbocycles. The van der Waals surface area contributed by atoms with Gasteiger partial charge in [0.25, 0.3) is 0 Å². The van der Waals surface area contributed by atoms with Crippen molar-refractivity contribution >= 4 is 12.2 Å². The van der Waals surface area contributed by atoms with Crippen LogP contribution >= 0.6 is 0 Å². The van der Waals surface area contributed by atoms with Crippen LogP contribution in [0.1, 0.15) is 25.7 Å². The minimum Gasteiger partial charge on any atom is -0.481 e. The quantitative estimate of drug-likeness (QED) is 0.385. The van der Waals surface area contributed by atoms with Gasteiger partial charge in [0, 0.05) is 6.21 Å². The first kappa shape index (κ1) is 9.03. The molecule has 1 aliphatic rings. The Morgan fingerprint density at radius 3 is 2.92 bits per heavy atom. The summed E-state index contributed by atoms with van der Waals surface area (Å²) < 4.78 is 0. The van der Waals surface area contributed by atoms with E-state index in [9.17, 15) is 4.79 Å². The summed E-state index contributed by atoms with van der Waals surface area (Å²) in [6, 6.07) is 0. The number of carboxylic acid groups (broad SMARTS) is 1. The molecule has 0 aromatic carbocycles. The lowest BCUT2D eigenvalue weighted by molar-refractivity contribution is -0.138. The van der Waals surface area contributed by atoms with Crippen molar-refractivity contribution in [3.63, 3.8) is 0 Å². The van der Waals surface area contributed by atoms with E-state index in [0.29, 0.717) is 5.92 Å². The molecule has 0 heterocycles. The van der Waals surface area contributed by atoms with Crippen molar-refractivity contribution < 1.29 is 14.7 Å². The molecule has 12 heavy (non-hydrogen) atoms. The molecule has 1 rings (SSSR count). The van der Waals surface area contributed by atoms with E-state index in [2.05, 4.69) is 5.16 Å². The van der Waals surface area contributed by atoms with Crippen molar-refractivity contribution in [3.05, 3.63) is 0 Å². The van der Waals surface area contributed by atoms with Crippen molar-refractivity contribution in [3.8, 4) is 0 Å². The van der Waals surface area contributed by atoms with E-state index in [-0.39, 0.29) is 13.0 Å². The SMILES string of the molecule is O=C(O)CCO/N=C/C1CCC1. The molecular formula is C8H13NO3. The summed E-state index contributed by atoms with van der Waals surface area (Å²) in [5.41, 5.74) is 0. The van der Waals surface area contributed by atoms with Gasteiger partial charge in [-0.3, -0.25) is 4.79 Å². The van der Waals surface area contributed by atoms with Crippen LogP contribution in [0.3, 0.4) is 0 Å². The Balaban J connectivity index is 1.93. The highest BCUT2D eigenvalue weighted by atomic mass is 16.6. The maximum atomic E-state index is 10.0. The zero-order valence-electron chi connectivity index (χ0n) is 6.90. The van der Waals surface area contributed by atoms with Gasteiger partial charge in [-0.2, -0.15) is 0 Å². The highest BCUT2D eigenvalue weighted by Gasteiger charge is 2.14. The lowest BCUT2D eigenvalue weighted by Gasteiger charge is -2.19. The highest BCUT2D eigenvalue weighted by molar-refractivity contribution is 5.66. The number of nitrogens with zero attached hydrogens (tertiary/aromatic N) is 1. The fraction of sp³-hybridized carbons (Fsp3) is 0.750. The Labute approximate surface area is 71.2 Å². The second kappa shape index (κ2) is 4.74. The monoisotopic (exact) mass is 171 g/mol. The maximum Gasteiger partial charge on any atom is 0.306 e. The predicted octanol–water partition coefficient (Wildman–Crippen LogP) is 1.26.